The van der Waals surface area contributed by atoms with Crippen molar-refractivity contribution in [3.8, 4) is 5.75 Å². The fraction of sp³-hybridized carbons (Fsp3) is 0.400. The standard InChI is InChI=1S/C10H13BrO3S/c1-14-6-2-3-8(11)7(4-6)10(13)9(12)5-15/h2-4,9-10,12-13,15H,5H2,1H3. The van der Waals surface area contributed by atoms with Gasteiger partial charge in [0.15, 0.2) is 0 Å². The molecular weight excluding hydrogens is 280 g/mol. The summed E-state index contributed by atoms with van der Waals surface area (Å²) in [6.45, 7) is 0. The summed E-state index contributed by atoms with van der Waals surface area (Å²) < 4.78 is 5.77. The number of methoxy groups -OCH3 is 1. The number of halogens is 1. The van der Waals surface area contributed by atoms with Gasteiger partial charge in [-0.2, -0.15) is 12.6 Å². The molecule has 2 unspecified atom stereocenters. The van der Waals surface area contributed by atoms with Crippen LogP contribution in [0, 0.1) is 0 Å². The third-order valence-electron chi connectivity index (χ3n) is 2.07. The molecule has 0 bridgehead atoms. The van der Waals surface area contributed by atoms with Crippen LogP contribution in [0.15, 0.2) is 22.7 Å². The van der Waals surface area contributed by atoms with E-state index in [1.165, 1.54) is 0 Å². The Morgan fingerprint density at radius 3 is 2.67 bits per heavy atom. The van der Waals surface area contributed by atoms with E-state index in [9.17, 15) is 10.2 Å². The first-order valence-electron chi connectivity index (χ1n) is 4.40. The Kier molecular flexibility index (Phi) is 4.92. The first-order valence-corrected chi connectivity index (χ1v) is 5.83. The maximum Gasteiger partial charge on any atom is 0.119 e. The minimum Gasteiger partial charge on any atom is -0.497 e. The number of hydrogen-bond donors (Lipinski definition) is 3. The van der Waals surface area contributed by atoms with Crippen molar-refractivity contribution < 1.29 is 14.9 Å². The van der Waals surface area contributed by atoms with Crippen LogP contribution >= 0.6 is 28.6 Å². The first kappa shape index (κ1) is 12.8. The van der Waals surface area contributed by atoms with Crippen LogP contribution in [0.2, 0.25) is 0 Å². The summed E-state index contributed by atoms with van der Waals surface area (Å²) in [5.74, 6) is 0.837. The van der Waals surface area contributed by atoms with Crippen LogP contribution in [0.25, 0.3) is 0 Å². The summed E-state index contributed by atoms with van der Waals surface area (Å²) in [5, 5.41) is 19.3. The molecule has 0 heterocycles. The van der Waals surface area contributed by atoms with Gasteiger partial charge in [-0.1, -0.05) is 15.9 Å². The minimum atomic E-state index is -0.966. The fourth-order valence-electron chi connectivity index (χ4n) is 1.18. The van der Waals surface area contributed by atoms with Gasteiger partial charge in [-0.25, -0.2) is 0 Å². The molecule has 0 saturated heterocycles. The van der Waals surface area contributed by atoms with E-state index in [2.05, 4.69) is 28.6 Å². The van der Waals surface area contributed by atoms with Crippen LogP contribution < -0.4 is 4.74 Å². The predicted molar refractivity (Wildman–Crippen MR) is 65.5 cm³/mol. The molecule has 0 saturated carbocycles. The number of thiol groups is 1. The lowest BCUT2D eigenvalue weighted by atomic mass is 10.1. The molecule has 1 aromatic rings. The maximum atomic E-state index is 9.81. The highest BCUT2D eigenvalue weighted by atomic mass is 79.9. The van der Waals surface area contributed by atoms with E-state index in [4.69, 9.17) is 4.74 Å². The van der Waals surface area contributed by atoms with Crippen LogP contribution in [-0.4, -0.2) is 29.2 Å². The quantitative estimate of drug-likeness (QED) is 0.742. The van der Waals surface area contributed by atoms with Crippen molar-refractivity contribution in [2.24, 2.45) is 0 Å². The molecule has 1 aromatic carbocycles. The van der Waals surface area contributed by atoms with Gasteiger partial charge in [0.05, 0.1) is 13.2 Å². The van der Waals surface area contributed by atoms with E-state index in [1.807, 2.05) is 0 Å². The van der Waals surface area contributed by atoms with Gasteiger partial charge < -0.3 is 14.9 Å². The first-order chi connectivity index (χ1) is 7.10. The smallest absolute Gasteiger partial charge is 0.119 e. The second kappa shape index (κ2) is 5.75. The van der Waals surface area contributed by atoms with E-state index in [1.54, 1.807) is 25.3 Å². The van der Waals surface area contributed by atoms with E-state index < -0.39 is 12.2 Å². The van der Waals surface area contributed by atoms with Gasteiger partial charge in [0.25, 0.3) is 0 Å². The van der Waals surface area contributed by atoms with Crippen LogP contribution in [0.1, 0.15) is 11.7 Å². The van der Waals surface area contributed by atoms with Crippen molar-refractivity contribution in [1.82, 2.24) is 0 Å². The zero-order valence-electron chi connectivity index (χ0n) is 8.22. The zero-order chi connectivity index (χ0) is 11.4. The van der Waals surface area contributed by atoms with Crippen molar-refractivity contribution in [1.29, 1.82) is 0 Å². The zero-order valence-corrected chi connectivity index (χ0v) is 10.7. The van der Waals surface area contributed by atoms with Gasteiger partial charge in [0.1, 0.15) is 11.9 Å². The number of rotatable bonds is 4. The predicted octanol–water partition coefficient (Wildman–Crippen LogP) is 1.78. The molecule has 3 nitrogen and oxygen atoms in total. The van der Waals surface area contributed by atoms with Gasteiger partial charge in [-0.05, 0) is 18.2 Å². The van der Waals surface area contributed by atoms with Crippen molar-refractivity contribution in [2.75, 3.05) is 12.9 Å². The third kappa shape index (κ3) is 3.11. The monoisotopic (exact) mass is 292 g/mol. The summed E-state index contributed by atoms with van der Waals surface area (Å²) in [6.07, 6.45) is -1.86. The summed E-state index contributed by atoms with van der Waals surface area (Å²) >= 11 is 7.24. The minimum absolute atomic E-state index is 0.199. The normalized spacial score (nSPS) is 14.7. The summed E-state index contributed by atoms with van der Waals surface area (Å²) in [5.41, 5.74) is 0.593. The lowest BCUT2D eigenvalue weighted by Gasteiger charge is -2.18. The van der Waals surface area contributed by atoms with E-state index in [0.29, 0.717) is 11.3 Å². The lowest BCUT2D eigenvalue weighted by Crippen LogP contribution is -2.20. The van der Waals surface area contributed by atoms with Gasteiger partial charge in [0.2, 0.25) is 0 Å². The van der Waals surface area contributed by atoms with Gasteiger partial charge >= 0.3 is 0 Å². The summed E-state index contributed by atoms with van der Waals surface area (Å²) in [6, 6.07) is 5.22. The number of ether oxygens (including phenoxy) is 1. The summed E-state index contributed by atoms with van der Waals surface area (Å²) in [7, 11) is 1.55. The van der Waals surface area contributed by atoms with E-state index >= 15 is 0 Å². The molecule has 0 fully saturated rings. The third-order valence-corrected chi connectivity index (χ3v) is 3.17. The lowest BCUT2D eigenvalue weighted by molar-refractivity contribution is 0.0332. The summed E-state index contributed by atoms with van der Waals surface area (Å²) in [4.78, 5) is 0. The van der Waals surface area contributed by atoms with Gasteiger partial charge in [-0.3, -0.25) is 0 Å². The average Bonchev–Trinajstić information content (AvgIpc) is 2.27. The number of aliphatic hydroxyl groups excluding tert-OH is 2. The molecule has 2 atom stereocenters. The molecule has 15 heavy (non-hydrogen) atoms. The topological polar surface area (TPSA) is 49.7 Å². The molecule has 2 N–H and O–H groups in total. The molecule has 1 rings (SSSR count). The number of benzene rings is 1. The average molecular weight is 293 g/mol. The van der Waals surface area contributed by atoms with Crippen LogP contribution in [0.4, 0.5) is 0 Å². The highest BCUT2D eigenvalue weighted by Gasteiger charge is 2.19. The van der Waals surface area contributed by atoms with Crippen molar-refractivity contribution in [2.45, 2.75) is 12.2 Å². The molecule has 0 aliphatic carbocycles. The van der Waals surface area contributed by atoms with Crippen molar-refractivity contribution >= 4 is 28.6 Å². The molecule has 0 aliphatic rings. The Morgan fingerprint density at radius 1 is 1.47 bits per heavy atom. The molecule has 0 radical (unpaired) electrons. The van der Waals surface area contributed by atoms with Gasteiger partial charge in [-0.15, -0.1) is 0 Å². The Balaban J connectivity index is 3.01. The molecule has 0 aromatic heterocycles. The Labute approximate surface area is 103 Å². The molecule has 5 heteroatoms. The van der Waals surface area contributed by atoms with Crippen LogP contribution in [0.3, 0.4) is 0 Å². The highest BCUT2D eigenvalue weighted by Crippen LogP contribution is 2.29. The SMILES string of the molecule is COc1ccc(Br)c(C(O)C(O)CS)c1. The molecule has 0 spiro atoms. The molecule has 0 amide bonds. The molecule has 84 valence electrons. The number of hydrogen-bond acceptors (Lipinski definition) is 4. The molecular formula is C10H13BrO3S. The van der Waals surface area contributed by atoms with Crippen molar-refractivity contribution in [3.63, 3.8) is 0 Å². The van der Waals surface area contributed by atoms with Crippen LogP contribution in [-0.2, 0) is 0 Å². The van der Waals surface area contributed by atoms with Crippen molar-refractivity contribution in [3.05, 3.63) is 28.2 Å². The highest BCUT2D eigenvalue weighted by molar-refractivity contribution is 9.10. The maximum absolute atomic E-state index is 9.81. The van der Waals surface area contributed by atoms with Gasteiger partial charge in [0, 0.05) is 15.8 Å². The second-order valence-corrected chi connectivity index (χ2v) is 4.30. The van der Waals surface area contributed by atoms with E-state index in [0.717, 1.165) is 4.47 Å². The molecule has 0 aliphatic heterocycles. The van der Waals surface area contributed by atoms with Crippen LogP contribution in [0.5, 0.6) is 5.75 Å². The second-order valence-electron chi connectivity index (χ2n) is 3.08. The Hall–Kier alpha value is -0.230. The number of aliphatic hydroxyl groups is 2. The Bertz CT molecular complexity index is 332. The Morgan fingerprint density at radius 2 is 2.13 bits per heavy atom. The fourth-order valence-corrected chi connectivity index (χ4v) is 1.86. The largest absolute Gasteiger partial charge is 0.497 e. The van der Waals surface area contributed by atoms with E-state index in [-0.39, 0.29) is 5.75 Å².